The zero-order chi connectivity index (χ0) is 20.4. The van der Waals surface area contributed by atoms with E-state index in [9.17, 15) is 9.59 Å². The number of amides is 2. The largest absolute Gasteiger partial charge is 0.355 e. The summed E-state index contributed by atoms with van der Waals surface area (Å²) in [5, 5.41) is 2.87. The van der Waals surface area contributed by atoms with Crippen LogP contribution in [0.25, 0.3) is 0 Å². The summed E-state index contributed by atoms with van der Waals surface area (Å²) in [6.45, 7) is 6.92. The average Bonchev–Trinajstić information content (AvgIpc) is 2.70. The van der Waals surface area contributed by atoms with Crippen LogP contribution in [0.4, 0.5) is 0 Å². The van der Waals surface area contributed by atoms with Gasteiger partial charge in [-0.05, 0) is 38.0 Å². The maximum atomic E-state index is 13.0. The van der Waals surface area contributed by atoms with Gasteiger partial charge in [0.15, 0.2) is 0 Å². The summed E-state index contributed by atoms with van der Waals surface area (Å²) in [5.74, 6) is 0.626. The van der Waals surface area contributed by atoms with Gasteiger partial charge in [0.1, 0.15) is 6.04 Å². The third-order valence-corrected chi connectivity index (χ3v) is 5.55. The molecule has 0 aliphatic carbocycles. The van der Waals surface area contributed by atoms with Crippen molar-refractivity contribution in [2.45, 2.75) is 51.1 Å². The van der Waals surface area contributed by atoms with Gasteiger partial charge in [0.25, 0.3) is 0 Å². The first-order valence-corrected chi connectivity index (χ1v) is 10.8. The Kier molecular flexibility index (Phi) is 9.08. The molecule has 0 aromatic heterocycles. The van der Waals surface area contributed by atoms with Crippen molar-refractivity contribution in [1.29, 1.82) is 0 Å². The number of thioether (sulfide) groups is 1. The fraction of sp³-hybridized carbons (Fsp3) is 0.391. The van der Waals surface area contributed by atoms with Crippen molar-refractivity contribution in [3.63, 3.8) is 0 Å². The maximum Gasteiger partial charge on any atom is 0.242 e. The van der Waals surface area contributed by atoms with Crippen molar-refractivity contribution in [2.24, 2.45) is 0 Å². The lowest BCUT2D eigenvalue weighted by Crippen LogP contribution is -2.49. The number of aryl methyl sites for hydroxylation is 1. The van der Waals surface area contributed by atoms with Crippen LogP contribution in [0, 0.1) is 6.92 Å². The van der Waals surface area contributed by atoms with Gasteiger partial charge in [-0.3, -0.25) is 9.59 Å². The van der Waals surface area contributed by atoms with Crippen molar-refractivity contribution >= 4 is 23.6 Å². The van der Waals surface area contributed by atoms with Crippen LogP contribution in [0.15, 0.2) is 59.5 Å². The van der Waals surface area contributed by atoms with E-state index < -0.39 is 6.04 Å². The number of likely N-dealkylation sites (N-methyl/N-ethyl adjacent to an activating group) is 1. The summed E-state index contributed by atoms with van der Waals surface area (Å²) in [6.07, 6.45) is 0.997. The Morgan fingerprint density at radius 3 is 2.32 bits per heavy atom. The van der Waals surface area contributed by atoms with Gasteiger partial charge < -0.3 is 10.2 Å². The molecule has 0 heterocycles. The predicted molar refractivity (Wildman–Crippen MR) is 116 cm³/mol. The highest BCUT2D eigenvalue weighted by atomic mass is 32.2. The third-order valence-electron chi connectivity index (χ3n) is 4.54. The van der Waals surface area contributed by atoms with E-state index in [0.717, 1.165) is 10.5 Å². The Hall–Kier alpha value is -2.27. The molecular formula is C23H30N2O2S. The van der Waals surface area contributed by atoms with Crippen LogP contribution in [0.3, 0.4) is 0 Å². The Bertz CT molecular complexity index is 747. The molecule has 1 unspecified atom stereocenters. The van der Waals surface area contributed by atoms with Crippen LogP contribution in [-0.4, -0.2) is 35.1 Å². The second kappa shape index (κ2) is 11.5. The van der Waals surface area contributed by atoms with Gasteiger partial charge in [0.2, 0.25) is 11.8 Å². The monoisotopic (exact) mass is 398 g/mol. The van der Waals surface area contributed by atoms with Gasteiger partial charge in [-0.15, -0.1) is 11.8 Å². The van der Waals surface area contributed by atoms with Gasteiger partial charge in [0, 0.05) is 30.2 Å². The Labute approximate surface area is 172 Å². The summed E-state index contributed by atoms with van der Waals surface area (Å²) in [7, 11) is 0. The van der Waals surface area contributed by atoms with Crippen molar-refractivity contribution in [1.82, 2.24) is 10.2 Å². The van der Waals surface area contributed by atoms with Crippen LogP contribution in [0.5, 0.6) is 0 Å². The third kappa shape index (κ3) is 6.71. The van der Waals surface area contributed by atoms with Gasteiger partial charge in [-0.2, -0.15) is 0 Å². The van der Waals surface area contributed by atoms with Crippen LogP contribution in [0.2, 0.25) is 0 Å². The minimum absolute atomic E-state index is 0.0153. The number of hydrogen-bond donors (Lipinski definition) is 1. The van der Waals surface area contributed by atoms with Gasteiger partial charge in [0.05, 0.1) is 0 Å². The standard InChI is InChI=1S/C23H30N2O2S/c1-4-21(23(27)24-5-2)25(17-19-9-7-6-8-10-19)22(26)15-16-28-20-13-11-18(3)12-14-20/h6-14,21H,4-5,15-17H2,1-3H3,(H,24,27). The molecule has 0 aliphatic rings. The lowest BCUT2D eigenvalue weighted by atomic mass is 10.1. The molecule has 1 N–H and O–H groups in total. The first-order chi connectivity index (χ1) is 13.5. The van der Waals surface area contributed by atoms with Crippen LogP contribution in [-0.2, 0) is 16.1 Å². The van der Waals surface area contributed by atoms with E-state index >= 15 is 0 Å². The number of nitrogens with zero attached hydrogens (tertiary/aromatic N) is 1. The molecule has 4 nitrogen and oxygen atoms in total. The van der Waals surface area contributed by atoms with E-state index in [0.29, 0.717) is 31.7 Å². The molecule has 0 bridgehead atoms. The van der Waals surface area contributed by atoms with Gasteiger partial charge in [-0.1, -0.05) is 55.0 Å². The Morgan fingerprint density at radius 1 is 1.04 bits per heavy atom. The zero-order valence-electron chi connectivity index (χ0n) is 17.0. The summed E-state index contributed by atoms with van der Waals surface area (Å²) in [4.78, 5) is 28.4. The molecule has 0 spiro atoms. The number of carbonyl (C=O) groups excluding carboxylic acids is 2. The maximum absolute atomic E-state index is 13.0. The molecule has 2 rings (SSSR count). The Morgan fingerprint density at radius 2 is 1.71 bits per heavy atom. The van der Waals surface area contributed by atoms with E-state index in [1.54, 1.807) is 16.7 Å². The molecule has 2 amide bonds. The molecule has 1 atom stereocenters. The second-order valence-electron chi connectivity index (χ2n) is 6.74. The molecule has 150 valence electrons. The fourth-order valence-electron chi connectivity index (χ4n) is 3.03. The minimum Gasteiger partial charge on any atom is -0.355 e. The summed E-state index contributed by atoms with van der Waals surface area (Å²) < 4.78 is 0. The zero-order valence-corrected chi connectivity index (χ0v) is 17.8. The number of rotatable bonds is 10. The molecule has 0 saturated carbocycles. The number of benzene rings is 2. The molecule has 5 heteroatoms. The highest BCUT2D eigenvalue weighted by Crippen LogP contribution is 2.21. The lowest BCUT2D eigenvalue weighted by Gasteiger charge is -2.30. The molecule has 28 heavy (non-hydrogen) atoms. The van der Waals surface area contributed by atoms with Crippen LogP contribution < -0.4 is 5.32 Å². The first kappa shape index (κ1) is 22.0. The molecule has 0 aliphatic heterocycles. The van der Waals surface area contributed by atoms with E-state index in [1.807, 2.05) is 44.2 Å². The SMILES string of the molecule is CCNC(=O)C(CC)N(Cc1ccccc1)C(=O)CCSc1ccc(C)cc1. The highest BCUT2D eigenvalue weighted by molar-refractivity contribution is 7.99. The predicted octanol–water partition coefficient (Wildman–Crippen LogP) is 4.42. The summed E-state index contributed by atoms with van der Waals surface area (Å²) in [6, 6.07) is 17.7. The molecule has 0 saturated heterocycles. The summed E-state index contributed by atoms with van der Waals surface area (Å²) in [5.41, 5.74) is 2.26. The highest BCUT2D eigenvalue weighted by Gasteiger charge is 2.27. The van der Waals surface area contributed by atoms with E-state index in [-0.39, 0.29) is 11.8 Å². The van der Waals surface area contributed by atoms with Crippen molar-refractivity contribution in [3.05, 3.63) is 65.7 Å². The molecule has 0 radical (unpaired) electrons. The van der Waals surface area contributed by atoms with Crippen LogP contribution in [0.1, 0.15) is 37.8 Å². The van der Waals surface area contributed by atoms with E-state index in [2.05, 4.69) is 36.5 Å². The van der Waals surface area contributed by atoms with Crippen molar-refractivity contribution in [3.8, 4) is 0 Å². The molecule has 2 aromatic carbocycles. The molecule has 2 aromatic rings. The lowest BCUT2D eigenvalue weighted by molar-refractivity contribution is -0.141. The smallest absolute Gasteiger partial charge is 0.242 e. The number of carbonyl (C=O) groups is 2. The first-order valence-electron chi connectivity index (χ1n) is 9.85. The average molecular weight is 399 g/mol. The topological polar surface area (TPSA) is 49.4 Å². The van der Waals surface area contributed by atoms with Gasteiger partial charge >= 0.3 is 0 Å². The van der Waals surface area contributed by atoms with E-state index in [4.69, 9.17) is 0 Å². The van der Waals surface area contributed by atoms with Crippen molar-refractivity contribution < 1.29 is 9.59 Å². The van der Waals surface area contributed by atoms with Crippen LogP contribution >= 0.6 is 11.8 Å². The minimum atomic E-state index is -0.447. The van der Waals surface area contributed by atoms with Crippen molar-refractivity contribution in [2.75, 3.05) is 12.3 Å². The Balaban J connectivity index is 2.06. The van der Waals surface area contributed by atoms with Gasteiger partial charge in [-0.25, -0.2) is 0 Å². The number of hydrogen-bond acceptors (Lipinski definition) is 3. The molecular weight excluding hydrogens is 368 g/mol. The molecule has 0 fully saturated rings. The fourth-order valence-corrected chi connectivity index (χ4v) is 3.87. The number of nitrogens with one attached hydrogen (secondary N) is 1. The quantitative estimate of drug-likeness (QED) is 0.603. The summed E-state index contributed by atoms with van der Waals surface area (Å²) >= 11 is 1.67. The van der Waals surface area contributed by atoms with E-state index in [1.165, 1.54) is 5.56 Å². The second-order valence-corrected chi connectivity index (χ2v) is 7.91. The normalized spacial score (nSPS) is 11.7.